The molecule has 0 N–H and O–H groups in total. The van der Waals surface area contributed by atoms with E-state index in [1.807, 2.05) is 13.8 Å². The van der Waals surface area contributed by atoms with Crippen LogP contribution in [0.15, 0.2) is 5.57 Å². The molecular weight excluding hydrogens is 60.1 g/mol. The summed E-state index contributed by atoms with van der Waals surface area (Å²) in [4.78, 5) is 0. The molecule has 0 spiro atoms. The predicted molar refractivity (Wildman–Crippen MR) is 23.8 cm³/mol. The molecule has 0 fully saturated rings. The van der Waals surface area contributed by atoms with Crippen LogP contribution in [0, 0.1) is 6.58 Å². The van der Waals surface area contributed by atoms with Crippen LogP contribution in [0.1, 0.15) is 20.3 Å². The maximum atomic E-state index is 5.21. The van der Waals surface area contributed by atoms with Crippen LogP contribution < -0.4 is 0 Å². The first-order valence-corrected chi connectivity index (χ1v) is 1.85. The lowest BCUT2D eigenvalue weighted by molar-refractivity contribution is 1.10. The van der Waals surface area contributed by atoms with Crippen LogP contribution in [0.25, 0.3) is 0 Å². The molecule has 0 aliphatic rings. The first-order chi connectivity index (χ1) is 2.27. The highest BCUT2D eigenvalue weighted by Gasteiger charge is 1.82. The molecule has 0 aromatic rings. The van der Waals surface area contributed by atoms with E-state index in [1.165, 1.54) is 0 Å². The molecule has 0 aliphatic heterocycles. The van der Waals surface area contributed by atoms with Crippen molar-refractivity contribution in [3.05, 3.63) is 12.2 Å². The quantitative estimate of drug-likeness (QED) is 0.412. The van der Waals surface area contributed by atoms with Gasteiger partial charge >= 0.3 is 0 Å². The molecule has 0 aromatic carbocycles. The van der Waals surface area contributed by atoms with Crippen molar-refractivity contribution in [3.8, 4) is 0 Å². The van der Waals surface area contributed by atoms with Crippen LogP contribution in [-0.2, 0) is 0 Å². The molecule has 0 saturated heterocycles. The summed E-state index contributed by atoms with van der Waals surface area (Å²) in [6.07, 6.45) is 1.00. The summed E-state index contributed by atoms with van der Waals surface area (Å²) in [5.74, 6) is 0. The second kappa shape index (κ2) is 1.92. The fourth-order valence-electron chi connectivity index (χ4n) is 0. The molecule has 5 heavy (non-hydrogen) atoms. The van der Waals surface area contributed by atoms with Gasteiger partial charge in [0.2, 0.25) is 6.58 Å². The van der Waals surface area contributed by atoms with Gasteiger partial charge in [0.25, 0.3) is 0 Å². The minimum atomic E-state index is 1.00. The van der Waals surface area contributed by atoms with Crippen molar-refractivity contribution in [1.29, 1.82) is 0 Å². The zero-order chi connectivity index (χ0) is 4.28. The van der Waals surface area contributed by atoms with E-state index in [9.17, 15) is 0 Å². The van der Waals surface area contributed by atoms with E-state index < -0.39 is 0 Å². The predicted octanol–water partition coefficient (Wildman–Crippen LogP) is 1.78. The SMILES string of the molecule is [CH+]=C(C)CC. The van der Waals surface area contributed by atoms with E-state index >= 15 is 0 Å². The zero-order valence-electron chi connectivity index (χ0n) is 3.78. The van der Waals surface area contributed by atoms with Crippen LogP contribution >= 0.6 is 0 Å². The molecule has 0 unspecified atom stereocenters. The summed E-state index contributed by atoms with van der Waals surface area (Å²) in [6.45, 7) is 9.16. The second-order valence-corrected chi connectivity index (χ2v) is 1.20. The van der Waals surface area contributed by atoms with Crippen molar-refractivity contribution in [2.24, 2.45) is 0 Å². The van der Waals surface area contributed by atoms with Crippen molar-refractivity contribution in [3.63, 3.8) is 0 Å². The Morgan fingerprint density at radius 3 is 2.00 bits per heavy atom. The van der Waals surface area contributed by atoms with Crippen LogP contribution in [0.4, 0.5) is 0 Å². The molecule has 0 amide bonds. The third-order valence-electron chi connectivity index (χ3n) is 0.558. The maximum Gasteiger partial charge on any atom is 0.204 e. The second-order valence-electron chi connectivity index (χ2n) is 1.20. The highest BCUT2D eigenvalue weighted by molar-refractivity contribution is 4.81. The van der Waals surface area contributed by atoms with Gasteiger partial charge in [-0.1, -0.05) is 6.92 Å². The van der Waals surface area contributed by atoms with Crippen molar-refractivity contribution in [2.75, 3.05) is 0 Å². The average Bonchev–Trinajstić information content (AvgIpc) is 1.38. The number of hydrogen-bond donors (Lipinski definition) is 0. The van der Waals surface area contributed by atoms with Gasteiger partial charge < -0.3 is 0 Å². The average molecular weight is 69.1 g/mol. The molecule has 0 rings (SSSR count). The van der Waals surface area contributed by atoms with Crippen LogP contribution in [0.5, 0.6) is 0 Å². The lowest BCUT2D eigenvalue weighted by Crippen LogP contribution is -1.59. The highest BCUT2D eigenvalue weighted by atomic mass is 13.7. The molecular formula is C5H9+. The molecule has 0 aliphatic carbocycles. The van der Waals surface area contributed by atoms with Gasteiger partial charge in [-0.05, 0) is 0 Å². The Labute approximate surface area is 33.5 Å². The van der Waals surface area contributed by atoms with Gasteiger partial charge in [0, 0.05) is 13.3 Å². The van der Waals surface area contributed by atoms with E-state index in [-0.39, 0.29) is 0 Å². The van der Waals surface area contributed by atoms with E-state index in [1.54, 1.807) is 0 Å². The fourth-order valence-corrected chi connectivity index (χ4v) is 0. The van der Waals surface area contributed by atoms with E-state index in [0.717, 1.165) is 12.0 Å². The first-order valence-electron chi connectivity index (χ1n) is 1.85. The molecule has 0 nitrogen and oxygen atoms in total. The van der Waals surface area contributed by atoms with Crippen molar-refractivity contribution in [2.45, 2.75) is 20.3 Å². The molecule has 0 aromatic heterocycles. The Bertz CT molecular complexity index is 35.3. The normalized spacial score (nSPS) is 7.40. The largest absolute Gasteiger partial charge is 0.204 e. The van der Waals surface area contributed by atoms with Gasteiger partial charge in [-0.15, -0.1) is 0 Å². The maximum absolute atomic E-state index is 5.21. The molecule has 0 heterocycles. The number of allylic oxidation sites excluding steroid dienone is 1. The summed E-state index contributed by atoms with van der Waals surface area (Å²) in [5, 5.41) is 0. The molecule has 0 saturated carbocycles. The summed E-state index contributed by atoms with van der Waals surface area (Å²) >= 11 is 0. The van der Waals surface area contributed by atoms with Crippen LogP contribution in [0.3, 0.4) is 0 Å². The van der Waals surface area contributed by atoms with E-state index in [4.69, 9.17) is 6.58 Å². The van der Waals surface area contributed by atoms with Crippen molar-refractivity contribution < 1.29 is 0 Å². The topological polar surface area (TPSA) is 0 Å². The number of rotatable bonds is 1. The third kappa shape index (κ3) is 3.65. The summed E-state index contributed by atoms with van der Waals surface area (Å²) < 4.78 is 0. The van der Waals surface area contributed by atoms with Gasteiger partial charge in [-0.25, -0.2) is 0 Å². The molecule has 28 valence electrons. The third-order valence-corrected chi connectivity index (χ3v) is 0.558. The molecule has 0 atom stereocenters. The van der Waals surface area contributed by atoms with E-state index in [2.05, 4.69) is 0 Å². The Morgan fingerprint density at radius 2 is 2.00 bits per heavy atom. The van der Waals surface area contributed by atoms with Gasteiger partial charge in [0.05, 0.1) is 0 Å². The standard InChI is InChI=1S/C5H9/c1-4-5(2)3/h2H,4H2,1,3H3/q+1. The summed E-state index contributed by atoms with van der Waals surface area (Å²) in [7, 11) is 0. The highest BCUT2D eigenvalue weighted by Crippen LogP contribution is 1.88. The molecule has 0 heteroatoms. The monoisotopic (exact) mass is 69.1 g/mol. The van der Waals surface area contributed by atoms with Crippen LogP contribution in [0.2, 0.25) is 0 Å². The Kier molecular flexibility index (Phi) is 1.79. The Morgan fingerprint density at radius 1 is 1.80 bits per heavy atom. The van der Waals surface area contributed by atoms with Gasteiger partial charge in [0.1, 0.15) is 0 Å². The van der Waals surface area contributed by atoms with Gasteiger partial charge in [-0.3, -0.25) is 0 Å². The smallest absolute Gasteiger partial charge is 0.0572 e. The molecule has 0 bridgehead atoms. The van der Waals surface area contributed by atoms with E-state index in [0.29, 0.717) is 0 Å². The molecule has 0 radical (unpaired) electrons. The number of hydrogen-bond acceptors (Lipinski definition) is 0. The Balaban J connectivity index is 2.85. The minimum absolute atomic E-state index is 1.00. The summed E-state index contributed by atoms with van der Waals surface area (Å²) in [6, 6.07) is 0. The Hall–Kier alpha value is -0.350. The van der Waals surface area contributed by atoms with Crippen LogP contribution in [-0.4, -0.2) is 0 Å². The fraction of sp³-hybridized carbons (Fsp3) is 0.600. The van der Waals surface area contributed by atoms with Gasteiger partial charge in [0.15, 0.2) is 5.57 Å². The lowest BCUT2D eigenvalue weighted by Gasteiger charge is -1.66. The van der Waals surface area contributed by atoms with Crippen molar-refractivity contribution >= 4 is 0 Å². The van der Waals surface area contributed by atoms with Crippen molar-refractivity contribution in [1.82, 2.24) is 0 Å². The minimum Gasteiger partial charge on any atom is -0.0572 e. The van der Waals surface area contributed by atoms with Gasteiger partial charge in [-0.2, -0.15) is 0 Å². The zero-order valence-corrected chi connectivity index (χ0v) is 3.78. The summed E-state index contributed by atoms with van der Waals surface area (Å²) in [5.41, 5.74) is 1.00. The first kappa shape index (κ1) is 4.65. The lowest BCUT2D eigenvalue weighted by atomic mass is 10.3.